The number of amides is 3. The van der Waals surface area contributed by atoms with Gasteiger partial charge in [0.25, 0.3) is 5.91 Å². The highest BCUT2D eigenvalue weighted by molar-refractivity contribution is 5.94. The highest BCUT2D eigenvalue weighted by Gasteiger charge is 2.46. The number of carbonyl (C=O) groups excluding carboxylic acids is 2. The van der Waals surface area contributed by atoms with Gasteiger partial charge in [0.05, 0.1) is 11.3 Å². The zero-order chi connectivity index (χ0) is 26.8. The van der Waals surface area contributed by atoms with Crippen molar-refractivity contribution in [1.82, 2.24) is 29.5 Å². The zero-order valence-corrected chi connectivity index (χ0v) is 20.5. The number of piperidine rings is 1. The summed E-state index contributed by atoms with van der Waals surface area (Å²) in [7, 11) is 5.48. The van der Waals surface area contributed by atoms with Crippen molar-refractivity contribution in [2.45, 2.75) is 37.9 Å². The van der Waals surface area contributed by atoms with Crippen molar-refractivity contribution in [3.8, 4) is 0 Å². The number of carbonyl (C=O) groups is 3. The fraction of sp³-hybridized carbons (Fsp3) is 0.522. The van der Waals surface area contributed by atoms with E-state index in [0.29, 0.717) is 31.7 Å². The van der Waals surface area contributed by atoms with Crippen LogP contribution >= 0.6 is 0 Å². The maximum atomic E-state index is 13.2. The molecule has 4 heterocycles. The van der Waals surface area contributed by atoms with Crippen LogP contribution in [0.2, 0.25) is 0 Å². The van der Waals surface area contributed by atoms with E-state index in [9.17, 15) is 22.8 Å². The molecule has 3 amide bonds. The van der Waals surface area contributed by atoms with E-state index in [1.54, 1.807) is 31.4 Å². The second-order valence-electron chi connectivity index (χ2n) is 9.34. The van der Waals surface area contributed by atoms with Crippen LogP contribution in [0.25, 0.3) is 0 Å². The Morgan fingerprint density at radius 1 is 1.11 bits per heavy atom. The van der Waals surface area contributed by atoms with E-state index in [4.69, 9.17) is 15.0 Å². The molecule has 0 aliphatic carbocycles. The number of alkyl halides is 3. The van der Waals surface area contributed by atoms with Gasteiger partial charge in [0.2, 0.25) is 0 Å². The molecule has 36 heavy (non-hydrogen) atoms. The summed E-state index contributed by atoms with van der Waals surface area (Å²) in [6, 6.07) is 1.93. The van der Waals surface area contributed by atoms with Crippen LogP contribution in [0.5, 0.6) is 0 Å². The third-order valence-corrected chi connectivity index (χ3v) is 6.29. The van der Waals surface area contributed by atoms with Crippen LogP contribution in [0.15, 0.2) is 24.7 Å². The van der Waals surface area contributed by atoms with Gasteiger partial charge >= 0.3 is 18.2 Å². The number of halogens is 3. The van der Waals surface area contributed by atoms with Crippen LogP contribution in [-0.4, -0.2) is 92.4 Å². The van der Waals surface area contributed by atoms with Crippen molar-refractivity contribution in [2.75, 3.05) is 33.7 Å². The van der Waals surface area contributed by atoms with Gasteiger partial charge in [-0.2, -0.15) is 18.3 Å². The van der Waals surface area contributed by atoms with Crippen molar-refractivity contribution >= 4 is 17.9 Å². The van der Waals surface area contributed by atoms with Gasteiger partial charge in [0.1, 0.15) is 0 Å². The summed E-state index contributed by atoms with van der Waals surface area (Å²) < 4.78 is 33.6. The van der Waals surface area contributed by atoms with Gasteiger partial charge in [-0.05, 0) is 31.4 Å². The van der Waals surface area contributed by atoms with E-state index in [1.165, 1.54) is 0 Å². The highest BCUT2D eigenvalue weighted by atomic mass is 19.4. The van der Waals surface area contributed by atoms with Crippen molar-refractivity contribution in [2.24, 2.45) is 7.05 Å². The monoisotopic (exact) mass is 510 g/mol. The number of hydrogen-bond donors (Lipinski definition) is 1. The molecule has 1 fully saturated rings. The van der Waals surface area contributed by atoms with E-state index in [0.717, 1.165) is 29.7 Å². The van der Waals surface area contributed by atoms with Crippen molar-refractivity contribution in [1.29, 1.82) is 0 Å². The topological polar surface area (TPSA) is 112 Å². The number of pyridine rings is 1. The summed E-state index contributed by atoms with van der Waals surface area (Å²) in [5, 5.41) is 11.9. The predicted molar refractivity (Wildman–Crippen MR) is 122 cm³/mol. The Morgan fingerprint density at radius 2 is 1.72 bits per heavy atom. The minimum atomic E-state index is -5.08. The Morgan fingerprint density at radius 3 is 2.25 bits per heavy atom. The molecular formula is C23H29F3N6O4. The molecule has 1 spiro atoms. The summed E-state index contributed by atoms with van der Waals surface area (Å²) in [5.41, 5.74) is 3.56. The molecule has 0 aromatic carbocycles. The Hall–Kier alpha value is -3.64. The lowest BCUT2D eigenvalue weighted by atomic mass is 9.72. The summed E-state index contributed by atoms with van der Waals surface area (Å²) in [4.78, 5) is 44.1. The predicted octanol–water partition coefficient (Wildman–Crippen LogP) is 2.43. The van der Waals surface area contributed by atoms with Crippen LogP contribution in [0.4, 0.5) is 18.0 Å². The van der Waals surface area contributed by atoms with Crippen molar-refractivity contribution in [3.05, 3.63) is 47.0 Å². The lowest BCUT2D eigenvalue weighted by Gasteiger charge is -2.46. The van der Waals surface area contributed by atoms with E-state index >= 15 is 0 Å². The molecule has 2 aromatic rings. The number of rotatable bonds is 1. The second kappa shape index (κ2) is 10.2. The molecule has 2 aromatic heterocycles. The molecule has 0 saturated carbocycles. The molecule has 0 atom stereocenters. The largest absolute Gasteiger partial charge is 0.490 e. The molecule has 13 heteroatoms. The number of carboxylic acid groups (broad SMARTS) is 1. The number of nitrogens with zero attached hydrogens (tertiary/aromatic N) is 6. The standard InChI is InChI=1S/C21H28N6O2.C2HF3O2/c1-15-9-16(11-22-10-15)19(28)27-13-17-12-25(4)23-18(17)21(14-27)5-7-26(8-6-21)20(29)24(2)3;3-2(4,5)1(6)7/h9-12H,5-8,13-14H2,1-4H3;(H,6,7). The number of urea groups is 1. The number of fused-ring (bicyclic) bond motifs is 2. The van der Waals surface area contributed by atoms with Crippen LogP contribution in [0.3, 0.4) is 0 Å². The SMILES string of the molecule is Cc1cncc(C(=O)N2Cc3cn(C)nc3C3(CCN(C(=O)N(C)C)CC3)C2)c1.O=C(O)C(F)(F)F. The van der Waals surface area contributed by atoms with Crippen LogP contribution in [0, 0.1) is 6.92 Å². The van der Waals surface area contributed by atoms with Gasteiger partial charge < -0.3 is 19.8 Å². The Bertz CT molecular complexity index is 1140. The fourth-order valence-corrected chi connectivity index (χ4v) is 4.60. The molecule has 1 N–H and O–H groups in total. The summed E-state index contributed by atoms with van der Waals surface area (Å²) in [6.07, 6.45) is 1.92. The molecule has 2 aliphatic heterocycles. The van der Waals surface area contributed by atoms with Crippen molar-refractivity contribution in [3.63, 3.8) is 0 Å². The maximum Gasteiger partial charge on any atom is 0.490 e. The van der Waals surface area contributed by atoms with E-state index in [1.807, 2.05) is 40.7 Å². The van der Waals surface area contributed by atoms with Gasteiger partial charge in [-0.15, -0.1) is 0 Å². The van der Waals surface area contributed by atoms with Gasteiger partial charge in [-0.3, -0.25) is 14.5 Å². The van der Waals surface area contributed by atoms with E-state index < -0.39 is 12.1 Å². The maximum absolute atomic E-state index is 13.2. The smallest absolute Gasteiger partial charge is 0.475 e. The van der Waals surface area contributed by atoms with Crippen LogP contribution in [-0.2, 0) is 23.8 Å². The number of aliphatic carboxylic acids is 1. The third-order valence-electron chi connectivity index (χ3n) is 6.29. The first-order valence-electron chi connectivity index (χ1n) is 11.2. The molecule has 4 rings (SSSR count). The molecule has 1 saturated heterocycles. The lowest BCUT2D eigenvalue weighted by molar-refractivity contribution is -0.192. The van der Waals surface area contributed by atoms with Gasteiger partial charge in [0.15, 0.2) is 0 Å². The Balaban J connectivity index is 0.000000454. The molecule has 0 unspecified atom stereocenters. The number of aryl methyl sites for hydroxylation is 2. The summed E-state index contributed by atoms with van der Waals surface area (Å²) in [6.45, 7) is 4.45. The van der Waals surface area contributed by atoms with E-state index in [-0.39, 0.29) is 17.4 Å². The Kier molecular flexibility index (Phi) is 7.60. The van der Waals surface area contributed by atoms with Gasteiger partial charge in [-0.1, -0.05) is 0 Å². The van der Waals surface area contributed by atoms with Gasteiger partial charge in [0, 0.05) is 76.9 Å². The van der Waals surface area contributed by atoms with Crippen LogP contribution in [0.1, 0.15) is 40.0 Å². The Labute approximate surface area is 206 Å². The quantitative estimate of drug-likeness (QED) is 0.631. The first kappa shape index (κ1) is 27.0. The minimum absolute atomic E-state index is 0.00174. The fourth-order valence-electron chi connectivity index (χ4n) is 4.60. The number of carboxylic acids is 1. The summed E-state index contributed by atoms with van der Waals surface area (Å²) in [5.74, 6) is -2.76. The molecule has 2 aliphatic rings. The summed E-state index contributed by atoms with van der Waals surface area (Å²) >= 11 is 0. The highest BCUT2D eigenvalue weighted by Crippen LogP contribution is 2.41. The van der Waals surface area contributed by atoms with E-state index in [2.05, 4.69) is 4.98 Å². The zero-order valence-electron chi connectivity index (χ0n) is 20.5. The first-order valence-corrected chi connectivity index (χ1v) is 11.2. The number of hydrogen-bond acceptors (Lipinski definition) is 5. The number of aromatic nitrogens is 3. The number of likely N-dealkylation sites (tertiary alicyclic amines) is 1. The second-order valence-corrected chi connectivity index (χ2v) is 9.34. The van der Waals surface area contributed by atoms with Gasteiger partial charge in [-0.25, -0.2) is 9.59 Å². The average molecular weight is 511 g/mol. The lowest BCUT2D eigenvalue weighted by Crippen LogP contribution is -2.55. The van der Waals surface area contributed by atoms with Crippen molar-refractivity contribution < 1.29 is 32.7 Å². The third kappa shape index (κ3) is 5.77. The molecule has 0 radical (unpaired) electrons. The molecule has 10 nitrogen and oxygen atoms in total. The minimum Gasteiger partial charge on any atom is -0.475 e. The van der Waals surface area contributed by atoms with Crippen LogP contribution < -0.4 is 0 Å². The first-order chi connectivity index (χ1) is 16.7. The molecular weight excluding hydrogens is 481 g/mol. The average Bonchev–Trinajstić information content (AvgIpc) is 3.19. The molecule has 0 bridgehead atoms. The molecule has 196 valence electrons. The normalized spacial score (nSPS) is 16.6.